The summed E-state index contributed by atoms with van der Waals surface area (Å²) in [5.41, 5.74) is 6.57. The molecule has 0 saturated carbocycles. The van der Waals surface area contributed by atoms with Gasteiger partial charge in [0.05, 0.1) is 23.8 Å². The SMILES string of the molecule is Cc1nc(N2CCOCC2)sc1/C=C/CCN. The summed E-state index contributed by atoms with van der Waals surface area (Å²) in [4.78, 5) is 8.15. The molecule has 1 fully saturated rings. The van der Waals surface area contributed by atoms with Gasteiger partial charge in [-0.3, -0.25) is 0 Å². The summed E-state index contributed by atoms with van der Waals surface area (Å²) < 4.78 is 5.34. The summed E-state index contributed by atoms with van der Waals surface area (Å²) in [6.07, 6.45) is 5.16. The molecule has 1 saturated heterocycles. The van der Waals surface area contributed by atoms with Crippen LogP contribution in [-0.2, 0) is 4.74 Å². The standard InChI is InChI=1S/C12H19N3OS/c1-10-11(4-2-3-5-13)17-12(14-10)15-6-8-16-9-7-15/h2,4H,3,5-9,13H2,1H3/b4-2+. The fourth-order valence-electron chi connectivity index (χ4n) is 1.72. The Bertz CT molecular complexity index is 383. The Balaban J connectivity index is 2.06. The van der Waals surface area contributed by atoms with Crippen LogP contribution < -0.4 is 10.6 Å². The first-order valence-electron chi connectivity index (χ1n) is 5.98. The molecular formula is C12H19N3OS. The number of nitrogens with two attached hydrogens (primary N) is 1. The van der Waals surface area contributed by atoms with Crippen molar-refractivity contribution in [1.82, 2.24) is 4.98 Å². The van der Waals surface area contributed by atoms with E-state index in [1.54, 1.807) is 11.3 Å². The molecule has 2 heterocycles. The molecule has 1 aliphatic heterocycles. The molecule has 1 aromatic rings. The number of anilines is 1. The van der Waals surface area contributed by atoms with Gasteiger partial charge in [0.15, 0.2) is 5.13 Å². The topological polar surface area (TPSA) is 51.4 Å². The molecule has 0 bridgehead atoms. The lowest BCUT2D eigenvalue weighted by molar-refractivity contribution is 0.122. The lowest BCUT2D eigenvalue weighted by Crippen LogP contribution is -2.36. The first kappa shape index (κ1) is 12.5. The van der Waals surface area contributed by atoms with Crippen LogP contribution in [0.15, 0.2) is 6.08 Å². The molecule has 0 amide bonds. The van der Waals surface area contributed by atoms with Crippen LogP contribution in [0.25, 0.3) is 6.08 Å². The van der Waals surface area contributed by atoms with E-state index in [9.17, 15) is 0 Å². The third-order valence-electron chi connectivity index (χ3n) is 2.71. The molecule has 94 valence electrons. The van der Waals surface area contributed by atoms with E-state index in [0.29, 0.717) is 6.54 Å². The molecule has 0 aromatic carbocycles. The average Bonchev–Trinajstić information content (AvgIpc) is 2.73. The zero-order chi connectivity index (χ0) is 12.1. The van der Waals surface area contributed by atoms with Crippen molar-refractivity contribution in [3.05, 3.63) is 16.6 Å². The molecule has 0 atom stereocenters. The smallest absolute Gasteiger partial charge is 0.186 e. The van der Waals surface area contributed by atoms with Gasteiger partial charge >= 0.3 is 0 Å². The Morgan fingerprint density at radius 2 is 2.24 bits per heavy atom. The summed E-state index contributed by atoms with van der Waals surface area (Å²) in [6, 6.07) is 0. The second-order valence-corrected chi connectivity index (χ2v) is 5.03. The molecule has 0 radical (unpaired) electrons. The first-order valence-corrected chi connectivity index (χ1v) is 6.79. The van der Waals surface area contributed by atoms with Crippen molar-refractivity contribution in [2.45, 2.75) is 13.3 Å². The summed E-state index contributed by atoms with van der Waals surface area (Å²) in [5, 5.41) is 1.11. The molecule has 1 aliphatic rings. The van der Waals surface area contributed by atoms with E-state index < -0.39 is 0 Å². The highest BCUT2D eigenvalue weighted by Gasteiger charge is 2.15. The summed E-state index contributed by atoms with van der Waals surface area (Å²) in [7, 11) is 0. The molecule has 4 nitrogen and oxygen atoms in total. The van der Waals surface area contributed by atoms with Gasteiger partial charge in [-0.15, -0.1) is 0 Å². The van der Waals surface area contributed by atoms with E-state index in [1.165, 1.54) is 4.88 Å². The summed E-state index contributed by atoms with van der Waals surface area (Å²) >= 11 is 1.75. The zero-order valence-electron chi connectivity index (χ0n) is 10.2. The number of hydrogen-bond donors (Lipinski definition) is 1. The summed E-state index contributed by atoms with van der Waals surface area (Å²) in [6.45, 7) is 6.25. The number of aromatic nitrogens is 1. The second kappa shape index (κ2) is 6.14. The van der Waals surface area contributed by atoms with Crippen LogP contribution in [0.2, 0.25) is 0 Å². The number of hydrogen-bond acceptors (Lipinski definition) is 5. The minimum absolute atomic E-state index is 0.699. The number of rotatable bonds is 4. The molecule has 1 aromatic heterocycles. The molecule has 0 unspecified atom stereocenters. The third-order valence-corrected chi connectivity index (χ3v) is 3.89. The van der Waals surface area contributed by atoms with Crippen molar-refractivity contribution in [1.29, 1.82) is 0 Å². The fourth-order valence-corrected chi connectivity index (χ4v) is 2.77. The minimum atomic E-state index is 0.699. The van der Waals surface area contributed by atoms with Crippen molar-refractivity contribution >= 4 is 22.5 Å². The van der Waals surface area contributed by atoms with Gasteiger partial charge in [0, 0.05) is 13.1 Å². The largest absolute Gasteiger partial charge is 0.378 e. The average molecular weight is 253 g/mol. The van der Waals surface area contributed by atoms with Gasteiger partial charge in [0.2, 0.25) is 0 Å². The van der Waals surface area contributed by atoms with E-state index in [4.69, 9.17) is 10.5 Å². The Morgan fingerprint density at radius 3 is 2.94 bits per heavy atom. The lowest BCUT2D eigenvalue weighted by Gasteiger charge is -2.25. The summed E-state index contributed by atoms with van der Waals surface area (Å²) in [5.74, 6) is 0. The van der Waals surface area contributed by atoms with Gasteiger partial charge < -0.3 is 15.4 Å². The third kappa shape index (κ3) is 3.28. The van der Waals surface area contributed by atoms with E-state index in [0.717, 1.165) is 43.5 Å². The van der Waals surface area contributed by atoms with Crippen LogP contribution in [0.1, 0.15) is 17.0 Å². The van der Waals surface area contributed by atoms with Gasteiger partial charge in [-0.25, -0.2) is 4.98 Å². The fraction of sp³-hybridized carbons (Fsp3) is 0.583. The molecule has 17 heavy (non-hydrogen) atoms. The second-order valence-electron chi connectivity index (χ2n) is 4.03. The molecular weight excluding hydrogens is 234 g/mol. The van der Waals surface area contributed by atoms with E-state index in [-0.39, 0.29) is 0 Å². The maximum absolute atomic E-state index is 5.47. The number of morpholine rings is 1. The normalized spacial score (nSPS) is 16.9. The van der Waals surface area contributed by atoms with Crippen LogP contribution >= 0.6 is 11.3 Å². The Labute approximate surface area is 106 Å². The predicted molar refractivity (Wildman–Crippen MR) is 72.6 cm³/mol. The van der Waals surface area contributed by atoms with Gasteiger partial charge in [-0.05, 0) is 26.0 Å². The highest BCUT2D eigenvalue weighted by atomic mass is 32.1. The molecule has 0 aliphatic carbocycles. The van der Waals surface area contributed by atoms with E-state index in [2.05, 4.69) is 29.0 Å². The van der Waals surface area contributed by atoms with E-state index >= 15 is 0 Å². The Hall–Kier alpha value is -0.910. The first-order chi connectivity index (χ1) is 8.31. The monoisotopic (exact) mass is 253 g/mol. The molecule has 2 rings (SSSR count). The lowest BCUT2D eigenvalue weighted by atomic mass is 10.3. The Kier molecular flexibility index (Phi) is 4.53. The van der Waals surface area contributed by atoms with Crippen LogP contribution in [0.3, 0.4) is 0 Å². The highest BCUT2D eigenvalue weighted by Crippen LogP contribution is 2.27. The predicted octanol–water partition coefficient (Wildman–Crippen LogP) is 1.65. The van der Waals surface area contributed by atoms with Gasteiger partial charge in [-0.2, -0.15) is 0 Å². The van der Waals surface area contributed by atoms with Gasteiger partial charge in [0.1, 0.15) is 0 Å². The van der Waals surface area contributed by atoms with Crippen molar-refractivity contribution in [3.8, 4) is 0 Å². The van der Waals surface area contributed by atoms with Crippen LogP contribution in [0, 0.1) is 6.92 Å². The van der Waals surface area contributed by atoms with Crippen molar-refractivity contribution in [2.24, 2.45) is 5.73 Å². The minimum Gasteiger partial charge on any atom is -0.378 e. The molecule has 5 heteroatoms. The number of thiazole rings is 1. The van der Waals surface area contributed by atoms with Gasteiger partial charge in [-0.1, -0.05) is 17.4 Å². The highest BCUT2D eigenvalue weighted by molar-refractivity contribution is 7.16. The van der Waals surface area contributed by atoms with Crippen molar-refractivity contribution in [2.75, 3.05) is 37.7 Å². The van der Waals surface area contributed by atoms with Crippen LogP contribution in [0.4, 0.5) is 5.13 Å². The maximum atomic E-state index is 5.47. The number of nitrogens with zero attached hydrogens (tertiary/aromatic N) is 2. The van der Waals surface area contributed by atoms with Crippen LogP contribution in [-0.4, -0.2) is 37.8 Å². The quantitative estimate of drug-likeness (QED) is 0.886. The van der Waals surface area contributed by atoms with Crippen molar-refractivity contribution < 1.29 is 4.74 Å². The number of aryl methyl sites for hydroxylation is 1. The zero-order valence-corrected chi connectivity index (χ0v) is 11.0. The Morgan fingerprint density at radius 1 is 1.47 bits per heavy atom. The maximum Gasteiger partial charge on any atom is 0.186 e. The van der Waals surface area contributed by atoms with E-state index in [1.807, 2.05) is 0 Å². The van der Waals surface area contributed by atoms with Gasteiger partial charge in [0.25, 0.3) is 0 Å². The number of ether oxygens (including phenoxy) is 1. The molecule has 0 spiro atoms. The van der Waals surface area contributed by atoms with Crippen LogP contribution in [0.5, 0.6) is 0 Å². The molecule has 2 N–H and O–H groups in total. The van der Waals surface area contributed by atoms with Crippen molar-refractivity contribution in [3.63, 3.8) is 0 Å².